The molecule has 2 aromatic heterocycles. The fraction of sp³-hybridized carbons (Fsp3) is 0.259. The van der Waals surface area contributed by atoms with Gasteiger partial charge in [0.15, 0.2) is 0 Å². The number of rotatable bonds is 5. The number of hydrogen-bond acceptors (Lipinski definition) is 4. The lowest BCUT2D eigenvalue weighted by Gasteiger charge is -2.32. The number of amides is 1. The maximum absolute atomic E-state index is 13.8. The Morgan fingerprint density at radius 3 is 1.95 bits per heavy atom. The second-order valence-corrected chi connectivity index (χ2v) is 9.54. The van der Waals surface area contributed by atoms with Gasteiger partial charge in [0.1, 0.15) is 5.69 Å². The van der Waals surface area contributed by atoms with E-state index in [2.05, 4.69) is 20.4 Å². The van der Waals surface area contributed by atoms with Gasteiger partial charge >= 0.3 is 12.4 Å². The zero-order valence-electron chi connectivity index (χ0n) is 21.2. The minimum atomic E-state index is -5.04. The van der Waals surface area contributed by atoms with Gasteiger partial charge in [0.25, 0.3) is 0 Å². The number of pyridine rings is 1. The van der Waals surface area contributed by atoms with Gasteiger partial charge in [-0.05, 0) is 61.7 Å². The van der Waals surface area contributed by atoms with E-state index in [4.69, 9.17) is 0 Å². The van der Waals surface area contributed by atoms with E-state index in [1.54, 1.807) is 12.1 Å². The summed E-state index contributed by atoms with van der Waals surface area (Å²) in [7, 11) is 1.40. The van der Waals surface area contributed by atoms with Crippen LogP contribution in [-0.2, 0) is 22.6 Å². The van der Waals surface area contributed by atoms with Crippen LogP contribution in [0.5, 0.6) is 0 Å². The lowest BCUT2D eigenvalue weighted by atomic mass is 9.81. The average molecular weight is 548 g/mol. The van der Waals surface area contributed by atoms with Gasteiger partial charge in [0.05, 0.1) is 40.3 Å². The van der Waals surface area contributed by atoms with E-state index in [0.717, 1.165) is 11.1 Å². The zero-order valence-corrected chi connectivity index (χ0v) is 21.2. The molecule has 0 aliphatic heterocycles. The van der Waals surface area contributed by atoms with Gasteiger partial charge in [-0.2, -0.15) is 41.8 Å². The molecule has 1 N–H and O–H groups in total. The molecule has 0 saturated carbocycles. The van der Waals surface area contributed by atoms with E-state index < -0.39 is 40.4 Å². The molecule has 39 heavy (non-hydrogen) atoms. The number of anilines is 1. The third kappa shape index (κ3) is 5.50. The lowest BCUT2D eigenvalue weighted by molar-refractivity contribution is -0.143. The van der Waals surface area contributed by atoms with Crippen molar-refractivity contribution < 1.29 is 31.1 Å². The minimum Gasteiger partial charge on any atom is -0.313 e. The van der Waals surface area contributed by atoms with Gasteiger partial charge in [0, 0.05) is 12.6 Å². The van der Waals surface area contributed by atoms with E-state index in [9.17, 15) is 31.1 Å². The standard InChI is InChI=1S/C27H23F6N5O/c1-15-7-5-6-8-19(15)20-12-21(22-13-35-37-36-22)34-14-23(20)38(4)24(39)25(2,3)16-9-17(26(28,29)30)11-18(10-16)27(31,32)33/h5-14H,1-4H3,(H,35,36,37). The van der Waals surface area contributed by atoms with Crippen LogP contribution in [-0.4, -0.2) is 33.3 Å². The van der Waals surface area contributed by atoms with Crippen LogP contribution in [0.2, 0.25) is 0 Å². The molecular formula is C27H23F6N5O. The van der Waals surface area contributed by atoms with E-state index in [1.807, 2.05) is 25.1 Å². The van der Waals surface area contributed by atoms with Crippen LogP contribution in [0.1, 0.15) is 36.1 Å². The maximum Gasteiger partial charge on any atom is 0.416 e. The van der Waals surface area contributed by atoms with Crippen molar-refractivity contribution in [3.05, 3.63) is 83.2 Å². The van der Waals surface area contributed by atoms with E-state index >= 15 is 0 Å². The van der Waals surface area contributed by atoms with Crippen LogP contribution in [0, 0.1) is 6.92 Å². The van der Waals surface area contributed by atoms with Crippen LogP contribution >= 0.6 is 0 Å². The second-order valence-electron chi connectivity index (χ2n) is 9.54. The Balaban J connectivity index is 1.84. The van der Waals surface area contributed by atoms with Gasteiger partial charge in [-0.15, -0.1) is 0 Å². The first-order valence-corrected chi connectivity index (χ1v) is 11.6. The molecule has 2 heterocycles. The van der Waals surface area contributed by atoms with Crippen LogP contribution < -0.4 is 4.90 Å². The molecule has 0 aliphatic carbocycles. The van der Waals surface area contributed by atoms with Gasteiger partial charge in [0.2, 0.25) is 5.91 Å². The Morgan fingerprint density at radius 1 is 0.821 bits per heavy atom. The van der Waals surface area contributed by atoms with Gasteiger partial charge in [-0.1, -0.05) is 24.3 Å². The topological polar surface area (TPSA) is 74.8 Å². The number of nitrogens with one attached hydrogen (secondary N) is 1. The Labute approximate surface area is 219 Å². The van der Waals surface area contributed by atoms with Crippen LogP contribution in [0.15, 0.2) is 60.9 Å². The Morgan fingerprint density at radius 2 is 1.41 bits per heavy atom. The molecule has 0 atom stereocenters. The Hall–Kier alpha value is -4.22. The molecule has 12 heteroatoms. The summed E-state index contributed by atoms with van der Waals surface area (Å²) in [5.74, 6) is -0.735. The van der Waals surface area contributed by atoms with Gasteiger partial charge in [-0.25, -0.2) is 0 Å². The zero-order chi connectivity index (χ0) is 28.8. The SMILES string of the molecule is Cc1ccccc1-c1cc(-c2cn[nH]n2)ncc1N(C)C(=O)C(C)(C)c1cc(C(F)(F)F)cc(C(F)(F)F)c1. The van der Waals surface area contributed by atoms with Crippen molar-refractivity contribution in [3.63, 3.8) is 0 Å². The quantitative estimate of drug-likeness (QED) is 0.278. The molecule has 0 spiro atoms. The highest BCUT2D eigenvalue weighted by atomic mass is 19.4. The molecule has 0 aliphatic rings. The minimum absolute atomic E-state index is 0.0383. The van der Waals surface area contributed by atoms with Crippen molar-refractivity contribution in [2.75, 3.05) is 11.9 Å². The molecule has 1 amide bonds. The number of carbonyl (C=O) groups is 1. The second kappa shape index (κ2) is 9.83. The first-order valence-electron chi connectivity index (χ1n) is 11.6. The first kappa shape index (κ1) is 27.8. The van der Waals surface area contributed by atoms with Crippen molar-refractivity contribution in [1.82, 2.24) is 20.4 Å². The molecular weight excluding hydrogens is 524 g/mol. The predicted molar refractivity (Wildman–Crippen MR) is 133 cm³/mol. The van der Waals surface area contributed by atoms with Crippen LogP contribution in [0.4, 0.5) is 32.0 Å². The fourth-order valence-corrected chi connectivity index (χ4v) is 4.24. The van der Waals surface area contributed by atoms with E-state index in [1.165, 1.54) is 38.2 Å². The predicted octanol–water partition coefficient (Wildman–Crippen LogP) is 6.82. The van der Waals surface area contributed by atoms with Crippen molar-refractivity contribution in [1.29, 1.82) is 0 Å². The molecule has 0 fully saturated rings. The van der Waals surface area contributed by atoms with Gasteiger partial charge in [-0.3, -0.25) is 9.78 Å². The maximum atomic E-state index is 13.8. The summed E-state index contributed by atoms with van der Waals surface area (Å²) in [6, 6.07) is 10.2. The highest BCUT2D eigenvalue weighted by Gasteiger charge is 2.41. The van der Waals surface area contributed by atoms with Crippen molar-refractivity contribution in [3.8, 4) is 22.5 Å². The smallest absolute Gasteiger partial charge is 0.313 e. The van der Waals surface area contributed by atoms with Crippen LogP contribution in [0.25, 0.3) is 22.5 Å². The fourth-order valence-electron chi connectivity index (χ4n) is 4.24. The number of alkyl halides is 6. The molecule has 0 unspecified atom stereocenters. The molecule has 0 saturated heterocycles. The average Bonchev–Trinajstić information content (AvgIpc) is 3.41. The number of benzene rings is 2. The lowest BCUT2D eigenvalue weighted by Crippen LogP contribution is -2.42. The first-order chi connectivity index (χ1) is 18.1. The molecule has 204 valence electrons. The summed E-state index contributed by atoms with van der Waals surface area (Å²) in [6.07, 6.45) is -7.21. The third-order valence-corrected chi connectivity index (χ3v) is 6.51. The number of H-pyrrole nitrogens is 1. The number of carbonyl (C=O) groups excluding carboxylic acids is 1. The summed E-state index contributed by atoms with van der Waals surface area (Å²) < 4.78 is 81.0. The number of hydrogen-bond donors (Lipinski definition) is 1. The summed E-state index contributed by atoms with van der Waals surface area (Å²) >= 11 is 0. The normalized spacial score (nSPS) is 12.5. The van der Waals surface area contributed by atoms with Crippen LogP contribution in [0.3, 0.4) is 0 Å². The molecule has 0 bridgehead atoms. The number of nitrogens with zero attached hydrogens (tertiary/aromatic N) is 4. The van der Waals surface area contributed by atoms with Crippen molar-refractivity contribution in [2.45, 2.75) is 38.5 Å². The van der Waals surface area contributed by atoms with Gasteiger partial charge < -0.3 is 4.90 Å². The highest BCUT2D eigenvalue weighted by Crippen LogP contribution is 2.41. The number of aryl methyl sites for hydroxylation is 1. The molecule has 4 aromatic rings. The summed E-state index contributed by atoms with van der Waals surface area (Å²) in [4.78, 5) is 19.3. The summed E-state index contributed by atoms with van der Waals surface area (Å²) in [6.45, 7) is 4.43. The van der Waals surface area contributed by atoms with Crippen molar-refractivity contribution >= 4 is 11.6 Å². The molecule has 2 aromatic carbocycles. The van der Waals surface area contributed by atoms with E-state index in [-0.39, 0.29) is 6.07 Å². The molecule has 6 nitrogen and oxygen atoms in total. The largest absolute Gasteiger partial charge is 0.416 e. The number of aromatic nitrogens is 4. The summed E-state index contributed by atoms with van der Waals surface area (Å²) in [5, 5.41) is 10.3. The number of halogens is 6. The number of likely N-dealkylation sites (N-methyl/N-ethyl adjacent to an activating group) is 1. The monoisotopic (exact) mass is 547 g/mol. The number of aromatic amines is 1. The Bertz CT molecular complexity index is 1480. The third-order valence-electron chi connectivity index (χ3n) is 6.51. The Kier molecular flexibility index (Phi) is 7.01. The highest BCUT2D eigenvalue weighted by molar-refractivity contribution is 6.03. The molecule has 4 rings (SSSR count). The summed E-state index contributed by atoms with van der Waals surface area (Å²) in [5.41, 5.74) is -1.82. The molecule has 0 radical (unpaired) electrons. The van der Waals surface area contributed by atoms with Crippen molar-refractivity contribution in [2.24, 2.45) is 0 Å². The van der Waals surface area contributed by atoms with E-state index in [0.29, 0.717) is 34.8 Å².